The fourth-order valence-corrected chi connectivity index (χ4v) is 4.61. The molecule has 176 valence electrons. The zero-order valence-corrected chi connectivity index (χ0v) is 19.7. The van der Waals surface area contributed by atoms with E-state index >= 15 is 0 Å². The molecule has 0 bridgehead atoms. The minimum atomic E-state index is -0.0533. The summed E-state index contributed by atoms with van der Waals surface area (Å²) < 4.78 is 7.74. The Kier molecular flexibility index (Phi) is 6.51. The SMILES string of the molecule is Cc1ccc2cc(CN(Cc3nnnn3Cc3ccccc3)CC3CCCO3)c(=O)[nH]c2c1C. The molecule has 0 amide bonds. The highest BCUT2D eigenvalue weighted by molar-refractivity contribution is 5.83. The van der Waals surface area contributed by atoms with Gasteiger partial charge in [-0.15, -0.1) is 5.10 Å². The smallest absolute Gasteiger partial charge is 0.252 e. The standard InChI is InChI=1S/C26H30N6O2/c1-18-10-11-21-13-22(26(33)27-25(21)19(18)2)15-31(16-23-9-6-12-34-23)17-24-28-29-30-32(24)14-20-7-4-3-5-8-20/h3-5,7-8,10-11,13,23H,6,9,12,14-17H2,1-2H3,(H,27,33). The Bertz CT molecular complexity index is 1320. The highest BCUT2D eigenvalue weighted by Crippen LogP contribution is 2.21. The average molecular weight is 459 g/mol. The Hall–Kier alpha value is -3.36. The molecule has 0 aliphatic carbocycles. The van der Waals surface area contributed by atoms with Crippen molar-refractivity contribution >= 4 is 10.9 Å². The molecule has 0 saturated carbocycles. The monoisotopic (exact) mass is 458 g/mol. The molecular weight excluding hydrogens is 428 g/mol. The third kappa shape index (κ3) is 4.93. The zero-order valence-electron chi connectivity index (χ0n) is 19.7. The second kappa shape index (κ2) is 9.87. The van der Waals surface area contributed by atoms with Gasteiger partial charge in [-0.25, -0.2) is 4.68 Å². The van der Waals surface area contributed by atoms with Crippen LogP contribution >= 0.6 is 0 Å². The van der Waals surface area contributed by atoms with Gasteiger partial charge in [-0.2, -0.15) is 0 Å². The summed E-state index contributed by atoms with van der Waals surface area (Å²) in [4.78, 5) is 18.4. The summed E-state index contributed by atoms with van der Waals surface area (Å²) in [5, 5.41) is 13.5. The number of nitrogens with zero attached hydrogens (tertiary/aromatic N) is 5. The number of aromatic amines is 1. The quantitative estimate of drug-likeness (QED) is 0.436. The Morgan fingerprint density at radius 3 is 2.79 bits per heavy atom. The number of ether oxygens (including phenoxy) is 1. The Balaban J connectivity index is 1.41. The van der Waals surface area contributed by atoms with Gasteiger partial charge in [0.15, 0.2) is 5.82 Å². The molecule has 1 N–H and O–H groups in total. The van der Waals surface area contributed by atoms with Gasteiger partial charge in [0.25, 0.3) is 5.56 Å². The molecule has 1 unspecified atom stereocenters. The lowest BCUT2D eigenvalue weighted by Gasteiger charge is -2.24. The molecule has 1 fully saturated rings. The minimum absolute atomic E-state index is 0.0533. The van der Waals surface area contributed by atoms with Crippen molar-refractivity contribution in [3.8, 4) is 0 Å². The third-order valence-electron chi connectivity index (χ3n) is 6.65. The summed E-state index contributed by atoms with van der Waals surface area (Å²) >= 11 is 0. The summed E-state index contributed by atoms with van der Waals surface area (Å²) in [6, 6.07) is 16.3. The number of hydrogen-bond acceptors (Lipinski definition) is 6. The molecule has 1 aliphatic rings. The van der Waals surface area contributed by atoms with Crippen LogP contribution in [0, 0.1) is 13.8 Å². The molecule has 5 rings (SSSR count). The first kappa shape index (κ1) is 22.4. The topological polar surface area (TPSA) is 88.9 Å². The van der Waals surface area contributed by atoms with E-state index in [4.69, 9.17) is 4.74 Å². The number of benzene rings is 2. The van der Waals surface area contributed by atoms with Gasteiger partial charge in [0.1, 0.15) is 0 Å². The molecule has 2 aromatic heterocycles. The van der Waals surface area contributed by atoms with Crippen molar-refractivity contribution in [2.75, 3.05) is 13.2 Å². The number of aromatic nitrogens is 5. The van der Waals surface area contributed by atoms with Gasteiger partial charge in [0, 0.05) is 25.3 Å². The molecule has 1 atom stereocenters. The summed E-state index contributed by atoms with van der Waals surface area (Å²) in [6.45, 7) is 7.25. The minimum Gasteiger partial charge on any atom is -0.377 e. The maximum Gasteiger partial charge on any atom is 0.252 e. The second-order valence-corrected chi connectivity index (χ2v) is 9.14. The fraction of sp³-hybridized carbons (Fsp3) is 0.385. The lowest BCUT2D eigenvalue weighted by Crippen LogP contribution is -2.34. The molecule has 3 heterocycles. The Morgan fingerprint density at radius 1 is 1.15 bits per heavy atom. The summed E-state index contributed by atoms with van der Waals surface area (Å²) in [5.74, 6) is 0.769. The molecule has 1 aliphatic heterocycles. The van der Waals surface area contributed by atoms with Gasteiger partial charge in [-0.3, -0.25) is 9.69 Å². The zero-order chi connectivity index (χ0) is 23.5. The van der Waals surface area contributed by atoms with Crippen molar-refractivity contribution in [3.63, 3.8) is 0 Å². The van der Waals surface area contributed by atoms with E-state index < -0.39 is 0 Å². The van der Waals surface area contributed by atoms with Crippen molar-refractivity contribution in [1.82, 2.24) is 30.1 Å². The summed E-state index contributed by atoms with van der Waals surface area (Å²) in [6.07, 6.45) is 2.25. The van der Waals surface area contributed by atoms with Crippen LogP contribution in [0.4, 0.5) is 0 Å². The number of nitrogens with one attached hydrogen (secondary N) is 1. The van der Waals surface area contributed by atoms with Crippen LogP contribution in [0.3, 0.4) is 0 Å². The fourth-order valence-electron chi connectivity index (χ4n) is 4.61. The van der Waals surface area contributed by atoms with Gasteiger partial charge in [0.05, 0.1) is 24.7 Å². The Morgan fingerprint density at radius 2 is 2.00 bits per heavy atom. The number of aryl methyl sites for hydroxylation is 2. The van der Waals surface area contributed by atoms with Crippen molar-refractivity contribution in [3.05, 3.63) is 87.0 Å². The van der Waals surface area contributed by atoms with Gasteiger partial charge >= 0.3 is 0 Å². The molecule has 8 heteroatoms. The summed E-state index contributed by atoms with van der Waals surface area (Å²) in [5.41, 5.74) is 5.00. The highest BCUT2D eigenvalue weighted by atomic mass is 16.5. The van der Waals surface area contributed by atoms with Crippen molar-refractivity contribution in [2.45, 2.75) is 52.4 Å². The molecule has 0 radical (unpaired) electrons. The highest BCUT2D eigenvalue weighted by Gasteiger charge is 2.22. The van der Waals surface area contributed by atoms with Crippen LogP contribution in [0.25, 0.3) is 10.9 Å². The molecule has 4 aromatic rings. The maximum atomic E-state index is 13.0. The predicted molar refractivity (Wildman–Crippen MR) is 130 cm³/mol. The van der Waals surface area contributed by atoms with E-state index in [1.54, 1.807) is 0 Å². The van der Waals surface area contributed by atoms with E-state index in [1.165, 1.54) is 5.56 Å². The van der Waals surface area contributed by atoms with Crippen LogP contribution < -0.4 is 5.56 Å². The van der Waals surface area contributed by atoms with E-state index in [9.17, 15) is 4.79 Å². The molecule has 2 aromatic carbocycles. The Labute approximate surface area is 198 Å². The average Bonchev–Trinajstić information content (AvgIpc) is 3.50. The third-order valence-corrected chi connectivity index (χ3v) is 6.65. The van der Waals surface area contributed by atoms with E-state index in [2.05, 4.69) is 56.6 Å². The molecule has 34 heavy (non-hydrogen) atoms. The first-order chi connectivity index (χ1) is 16.6. The van der Waals surface area contributed by atoms with Gasteiger partial charge < -0.3 is 9.72 Å². The number of fused-ring (bicyclic) bond motifs is 1. The van der Waals surface area contributed by atoms with Crippen LogP contribution in [-0.4, -0.2) is 49.3 Å². The van der Waals surface area contributed by atoms with Crippen LogP contribution in [-0.2, 0) is 24.4 Å². The van der Waals surface area contributed by atoms with E-state index in [-0.39, 0.29) is 11.7 Å². The van der Waals surface area contributed by atoms with Gasteiger partial charge in [-0.1, -0.05) is 42.5 Å². The number of hydrogen-bond donors (Lipinski definition) is 1. The molecule has 1 saturated heterocycles. The van der Waals surface area contributed by atoms with E-state index in [0.717, 1.165) is 59.4 Å². The van der Waals surface area contributed by atoms with E-state index in [0.29, 0.717) is 19.6 Å². The molecule has 0 spiro atoms. The van der Waals surface area contributed by atoms with Gasteiger partial charge in [-0.05, 0) is 65.3 Å². The number of H-pyrrole nitrogens is 1. The second-order valence-electron chi connectivity index (χ2n) is 9.14. The normalized spacial score (nSPS) is 16.0. The van der Waals surface area contributed by atoms with Crippen LogP contribution in [0.15, 0.2) is 53.3 Å². The predicted octanol–water partition coefficient (Wildman–Crippen LogP) is 3.36. The first-order valence-electron chi connectivity index (χ1n) is 11.8. The maximum absolute atomic E-state index is 13.0. The van der Waals surface area contributed by atoms with Crippen molar-refractivity contribution < 1.29 is 4.74 Å². The van der Waals surface area contributed by atoms with Gasteiger partial charge in [0.2, 0.25) is 0 Å². The molecule has 8 nitrogen and oxygen atoms in total. The van der Waals surface area contributed by atoms with E-state index in [1.807, 2.05) is 35.9 Å². The largest absolute Gasteiger partial charge is 0.377 e. The first-order valence-corrected chi connectivity index (χ1v) is 11.8. The molecular formula is C26H30N6O2. The van der Waals surface area contributed by atoms with Crippen LogP contribution in [0.2, 0.25) is 0 Å². The number of pyridine rings is 1. The number of tetrazole rings is 1. The lowest BCUT2D eigenvalue weighted by atomic mass is 10.0. The van der Waals surface area contributed by atoms with Crippen molar-refractivity contribution in [2.24, 2.45) is 0 Å². The van der Waals surface area contributed by atoms with Crippen LogP contribution in [0.1, 0.15) is 40.9 Å². The van der Waals surface area contributed by atoms with Crippen LogP contribution in [0.5, 0.6) is 0 Å². The summed E-state index contributed by atoms with van der Waals surface area (Å²) in [7, 11) is 0. The lowest BCUT2D eigenvalue weighted by molar-refractivity contribution is 0.0663. The van der Waals surface area contributed by atoms with Crippen molar-refractivity contribution in [1.29, 1.82) is 0 Å². The number of rotatable bonds is 8.